The van der Waals surface area contributed by atoms with Gasteiger partial charge in [-0.1, -0.05) is 36.4 Å². The van der Waals surface area contributed by atoms with E-state index in [4.69, 9.17) is 0 Å². The molecule has 0 aliphatic carbocycles. The molecule has 3 rings (SSSR count). The highest BCUT2D eigenvalue weighted by atomic mass is 32.2. The molecule has 0 fully saturated rings. The first-order chi connectivity index (χ1) is 14.0. The van der Waals surface area contributed by atoms with Crippen LogP contribution in [0.25, 0.3) is 0 Å². The van der Waals surface area contributed by atoms with E-state index in [1.54, 1.807) is 67.8 Å². The van der Waals surface area contributed by atoms with Gasteiger partial charge >= 0.3 is 0 Å². The summed E-state index contributed by atoms with van der Waals surface area (Å²) in [4.78, 5) is 16.5. The molecule has 0 aliphatic heterocycles. The van der Waals surface area contributed by atoms with E-state index in [0.717, 1.165) is 15.4 Å². The molecule has 0 aliphatic rings. The number of nitrogens with zero attached hydrogens (tertiary/aromatic N) is 3. The fourth-order valence-electron chi connectivity index (χ4n) is 2.66. The zero-order valence-electron chi connectivity index (χ0n) is 15.8. The average molecular weight is 408 g/mol. The van der Waals surface area contributed by atoms with Crippen molar-refractivity contribution in [2.24, 2.45) is 5.10 Å². The van der Waals surface area contributed by atoms with Crippen LogP contribution in [-0.2, 0) is 14.8 Å². The summed E-state index contributed by atoms with van der Waals surface area (Å²) >= 11 is 0. The van der Waals surface area contributed by atoms with Crippen LogP contribution in [0.5, 0.6) is 0 Å². The number of anilines is 1. The summed E-state index contributed by atoms with van der Waals surface area (Å²) in [6, 6.07) is 18.5. The molecule has 1 amide bonds. The summed E-state index contributed by atoms with van der Waals surface area (Å²) in [6.45, 7) is 1.39. The molecule has 148 valence electrons. The zero-order valence-corrected chi connectivity index (χ0v) is 16.6. The van der Waals surface area contributed by atoms with E-state index in [0.29, 0.717) is 5.69 Å². The summed E-state index contributed by atoms with van der Waals surface area (Å²) in [7, 11) is -3.94. The van der Waals surface area contributed by atoms with E-state index in [9.17, 15) is 13.2 Å². The van der Waals surface area contributed by atoms with Crippen molar-refractivity contribution in [3.63, 3.8) is 0 Å². The van der Waals surface area contributed by atoms with Crippen molar-refractivity contribution >= 4 is 27.8 Å². The van der Waals surface area contributed by atoms with Gasteiger partial charge in [-0.05, 0) is 48.4 Å². The van der Waals surface area contributed by atoms with Gasteiger partial charge in [0.2, 0.25) is 0 Å². The number of benzene rings is 2. The minimum Gasteiger partial charge on any atom is -0.271 e. The lowest BCUT2D eigenvalue weighted by Crippen LogP contribution is -2.40. The number of pyridine rings is 1. The lowest BCUT2D eigenvalue weighted by Gasteiger charge is -2.25. The molecule has 1 aromatic heterocycles. The Kier molecular flexibility index (Phi) is 6.36. The maximum absolute atomic E-state index is 13.2. The highest BCUT2D eigenvalue weighted by molar-refractivity contribution is 7.92. The number of hydrogen-bond donors (Lipinski definition) is 1. The first-order valence-electron chi connectivity index (χ1n) is 8.84. The molecule has 29 heavy (non-hydrogen) atoms. The topological polar surface area (TPSA) is 91.7 Å². The van der Waals surface area contributed by atoms with Crippen LogP contribution in [0.4, 0.5) is 5.69 Å². The minimum absolute atomic E-state index is 0.108. The largest absolute Gasteiger partial charge is 0.271 e. The SMILES string of the molecule is Cc1ccccc1N(CC(=O)N/N=C/c1ccncc1)S(=O)(=O)c1ccccc1. The molecule has 0 spiro atoms. The average Bonchev–Trinajstić information content (AvgIpc) is 2.74. The zero-order chi connectivity index (χ0) is 20.7. The van der Waals surface area contributed by atoms with Crippen molar-refractivity contribution in [2.45, 2.75) is 11.8 Å². The Bertz CT molecular complexity index is 1100. The predicted octanol–water partition coefficient (Wildman–Crippen LogP) is 2.74. The fourth-order valence-corrected chi connectivity index (χ4v) is 4.16. The summed E-state index contributed by atoms with van der Waals surface area (Å²) < 4.78 is 27.5. The molecular formula is C21H20N4O3S. The van der Waals surface area contributed by atoms with E-state index in [-0.39, 0.29) is 4.90 Å². The van der Waals surface area contributed by atoms with Crippen LogP contribution in [0, 0.1) is 6.92 Å². The second kappa shape index (κ2) is 9.11. The standard InChI is InChI=1S/C21H20N4O3S/c1-17-7-5-6-10-20(17)25(29(27,28)19-8-3-2-4-9-19)16-21(26)24-23-15-18-11-13-22-14-12-18/h2-15H,16H2,1H3,(H,24,26)/b23-15+. The summed E-state index contributed by atoms with van der Waals surface area (Å²) in [5, 5.41) is 3.89. The number of hydrazone groups is 1. The van der Waals surface area contributed by atoms with Crippen LogP contribution >= 0.6 is 0 Å². The normalized spacial score (nSPS) is 11.3. The van der Waals surface area contributed by atoms with Crippen LogP contribution in [0.2, 0.25) is 0 Å². The first kappa shape index (κ1) is 20.2. The molecule has 1 heterocycles. The van der Waals surface area contributed by atoms with Gasteiger partial charge in [-0.2, -0.15) is 5.10 Å². The van der Waals surface area contributed by atoms with Crippen LogP contribution in [0.15, 0.2) is 89.1 Å². The number of para-hydroxylation sites is 1. The van der Waals surface area contributed by atoms with Gasteiger partial charge in [0.25, 0.3) is 15.9 Å². The van der Waals surface area contributed by atoms with Crippen LogP contribution < -0.4 is 9.73 Å². The Balaban J connectivity index is 1.85. The molecule has 0 bridgehead atoms. The molecule has 1 N–H and O–H groups in total. The van der Waals surface area contributed by atoms with Gasteiger partial charge in [0, 0.05) is 12.4 Å². The summed E-state index contributed by atoms with van der Waals surface area (Å²) in [5.74, 6) is -0.557. The van der Waals surface area contributed by atoms with E-state index >= 15 is 0 Å². The highest BCUT2D eigenvalue weighted by Gasteiger charge is 2.27. The van der Waals surface area contributed by atoms with Gasteiger partial charge in [-0.15, -0.1) is 0 Å². The lowest BCUT2D eigenvalue weighted by molar-refractivity contribution is -0.119. The molecule has 0 unspecified atom stereocenters. The number of hydrogen-bond acceptors (Lipinski definition) is 5. The Labute approximate surface area is 169 Å². The van der Waals surface area contributed by atoms with Gasteiger partial charge in [0.05, 0.1) is 16.8 Å². The third-order valence-corrected chi connectivity index (χ3v) is 5.89. The summed E-state index contributed by atoms with van der Waals surface area (Å²) in [5.41, 5.74) is 4.31. The van der Waals surface area contributed by atoms with Gasteiger partial charge < -0.3 is 0 Å². The van der Waals surface area contributed by atoms with Gasteiger partial charge in [0.15, 0.2) is 0 Å². The lowest BCUT2D eigenvalue weighted by atomic mass is 10.2. The maximum Gasteiger partial charge on any atom is 0.264 e. The van der Waals surface area contributed by atoms with E-state index < -0.39 is 22.5 Å². The molecule has 3 aromatic rings. The van der Waals surface area contributed by atoms with Crippen molar-refractivity contribution in [2.75, 3.05) is 10.8 Å². The Morgan fingerprint density at radius 1 is 1.03 bits per heavy atom. The number of amides is 1. The molecule has 7 nitrogen and oxygen atoms in total. The fraction of sp³-hybridized carbons (Fsp3) is 0.0952. The van der Waals surface area contributed by atoms with Gasteiger partial charge in [-0.3, -0.25) is 14.1 Å². The van der Waals surface area contributed by atoms with Gasteiger partial charge in [0.1, 0.15) is 6.54 Å². The quantitative estimate of drug-likeness (QED) is 0.481. The third-order valence-electron chi connectivity index (χ3n) is 4.11. The van der Waals surface area contributed by atoms with Crippen molar-refractivity contribution in [1.82, 2.24) is 10.4 Å². The number of carbonyl (C=O) groups is 1. The minimum atomic E-state index is -3.94. The van der Waals surface area contributed by atoms with Gasteiger partial charge in [-0.25, -0.2) is 13.8 Å². The van der Waals surface area contributed by atoms with Crippen LogP contribution in [0.1, 0.15) is 11.1 Å². The maximum atomic E-state index is 13.2. The number of aromatic nitrogens is 1. The molecule has 0 atom stereocenters. The predicted molar refractivity (Wildman–Crippen MR) is 112 cm³/mol. The molecule has 0 saturated heterocycles. The van der Waals surface area contributed by atoms with E-state index in [1.807, 2.05) is 6.07 Å². The number of sulfonamides is 1. The number of aryl methyl sites for hydroxylation is 1. The smallest absolute Gasteiger partial charge is 0.264 e. The summed E-state index contributed by atoms with van der Waals surface area (Å²) in [6.07, 6.45) is 4.68. The molecule has 0 saturated carbocycles. The van der Waals surface area contributed by atoms with Crippen molar-refractivity contribution in [3.8, 4) is 0 Å². The van der Waals surface area contributed by atoms with Crippen LogP contribution in [0.3, 0.4) is 0 Å². The monoisotopic (exact) mass is 408 g/mol. The number of rotatable bonds is 7. The number of nitrogens with one attached hydrogen (secondary N) is 1. The van der Waals surface area contributed by atoms with Crippen molar-refractivity contribution in [1.29, 1.82) is 0 Å². The van der Waals surface area contributed by atoms with E-state index in [1.165, 1.54) is 18.3 Å². The number of carbonyl (C=O) groups excluding carboxylic acids is 1. The van der Waals surface area contributed by atoms with Crippen LogP contribution in [-0.4, -0.2) is 32.1 Å². The Hall–Kier alpha value is -3.52. The Morgan fingerprint density at radius 2 is 1.69 bits per heavy atom. The van der Waals surface area contributed by atoms with E-state index in [2.05, 4.69) is 15.5 Å². The highest BCUT2D eigenvalue weighted by Crippen LogP contribution is 2.26. The first-order valence-corrected chi connectivity index (χ1v) is 10.3. The second-order valence-electron chi connectivity index (χ2n) is 6.18. The van der Waals surface area contributed by atoms with Crippen molar-refractivity contribution < 1.29 is 13.2 Å². The van der Waals surface area contributed by atoms with Crippen molar-refractivity contribution in [3.05, 3.63) is 90.3 Å². The molecule has 8 heteroatoms. The third kappa shape index (κ3) is 5.05. The molecule has 0 radical (unpaired) electrons. The second-order valence-corrected chi connectivity index (χ2v) is 8.05. The Morgan fingerprint density at radius 3 is 2.38 bits per heavy atom. The molecular weight excluding hydrogens is 388 g/mol. The molecule has 2 aromatic carbocycles.